The van der Waals surface area contributed by atoms with Gasteiger partial charge in [0.25, 0.3) is 0 Å². The Kier molecular flexibility index (Phi) is 3.24. The number of benzene rings is 2. The average molecular weight is 245 g/mol. The third-order valence-electron chi connectivity index (χ3n) is 2.57. The molecule has 0 N–H and O–H groups in total. The Labute approximate surface area is 103 Å². The van der Waals surface area contributed by atoms with Gasteiger partial charge in [0, 0.05) is 11.1 Å². The second-order valence-electron chi connectivity index (χ2n) is 3.63. The number of rotatable bonds is 2. The lowest BCUT2D eigenvalue weighted by molar-refractivity contribution is 0.387. The maximum atomic E-state index is 14.0. The molecule has 2 rings (SSSR count). The van der Waals surface area contributed by atoms with Crippen molar-refractivity contribution in [3.8, 4) is 22.9 Å². The Morgan fingerprint density at radius 1 is 1.11 bits per heavy atom. The van der Waals surface area contributed by atoms with E-state index in [0.717, 1.165) is 6.07 Å². The number of hydrogen-bond donors (Lipinski definition) is 0. The topological polar surface area (TPSA) is 33.0 Å². The molecule has 0 unspecified atom stereocenters. The molecule has 0 aliphatic rings. The van der Waals surface area contributed by atoms with Crippen LogP contribution in [0.15, 0.2) is 36.4 Å². The van der Waals surface area contributed by atoms with Gasteiger partial charge in [-0.15, -0.1) is 0 Å². The van der Waals surface area contributed by atoms with Gasteiger partial charge in [-0.05, 0) is 24.3 Å². The first-order valence-corrected chi connectivity index (χ1v) is 5.20. The highest BCUT2D eigenvalue weighted by molar-refractivity contribution is 5.68. The molecule has 4 heteroatoms. The fourth-order valence-corrected chi connectivity index (χ4v) is 1.68. The number of methoxy groups -OCH3 is 1. The minimum atomic E-state index is -0.644. The summed E-state index contributed by atoms with van der Waals surface area (Å²) >= 11 is 0. The molecule has 2 aromatic rings. The van der Waals surface area contributed by atoms with Gasteiger partial charge in [0.2, 0.25) is 0 Å². The molecule has 0 atom stereocenters. The molecular weight excluding hydrogens is 236 g/mol. The molecule has 18 heavy (non-hydrogen) atoms. The van der Waals surface area contributed by atoms with Gasteiger partial charge in [-0.1, -0.05) is 12.1 Å². The molecule has 0 heterocycles. The van der Waals surface area contributed by atoms with Crippen LogP contribution in [0.3, 0.4) is 0 Å². The van der Waals surface area contributed by atoms with E-state index in [-0.39, 0.29) is 22.4 Å². The molecule has 0 spiro atoms. The van der Waals surface area contributed by atoms with Crippen LogP contribution in [-0.4, -0.2) is 7.11 Å². The minimum Gasteiger partial charge on any atom is -0.494 e. The smallest absolute Gasteiger partial charge is 0.172 e. The van der Waals surface area contributed by atoms with Crippen LogP contribution in [0.25, 0.3) is 11.1 Å². The van der Waals surface area contributed by atoms with Gasteiger partial charge < -0.3 is 4.74 Å². The predicted octanol–water partition coefficient (Wildman–Crippen LogP) is 3.51. The van der Waals surface area contributed by atoms with E-state index in [9.17, 15) is 8.78 Å². The molecule has 0 bridgehead atoms. The standard InChI is InChI=1S/C14H9F2NO/c1-18-13-4-2-3-10(14(13)16)11-7-9(8-17)5-6-12(11)15/h2-7H,1H3. The summed E-state index contributed by atoms with van der Waals surface area (Å²) in [5.41, 5.74) is 0.392. The molecule has 2 nitrogen and oxygen atoms in total. The van der Waals surface area contributed by atoms with Crippen molar-refractivity contribution in [2.45, 2.75) is 0 Å². The molecule has 0 aliphatic heterocycles. The van der Waals surface area contributed by atoms with Crippen molar-refractivity contribution >= 4 is 0 Å². The van der Waals surface area contributed by atoms with E-state index in [1.54, 1.807) is 6.07 Å². The predicted molar refractivity (Wildman–Crippen MR) is 63.1 cm³/mol. The summed E-state index contributed by atoms with van der Waals surface area (Å²) in [5.74, 6) is -1.19. The SMILES string of the molecule is COc1cccc(-c2cc(C#N)ccc2F)c1F. The van der Waals surface area contributed by atoms with Crippen LogP contribution in [-0.2, 0) is 0 Å². The maximum absolute atomic E-state index is 14.0. The van der Waals surface area contributed by atoms with Gasteiger partial charge in [-0.25, -0.2) is 8.78 Å². The summed E-state index contributed by atoms with van der Waals surface area (Å²) in [6.45, 7) is 0. The van der Waals surface area contributed by atoms with Crippen molar-refractivity contribution in [1.82, 2.24) is 0 Å². The van der Waals surface area contributed by atoms with E-state index in [1.807, 2.05) is 6.07 Å². The summed E-state index contributed by atoms with van der Waals surface area (Å²) in [7, 11) is 1.34. The molecule has 0 saturated heterocycles. The van der Waals surface area contributed by atoms with Crippen molar-refractivity contribution in [2.24, 2.45) is 0 Å². The highest BCUT2D eigenvalue weighted by atomic mass is 19.1. The van der Waals surface area contributed by atoms with Crippen molar-refractivity contribution in [1.29, 1.82) is 5.26 Å². The molecule has 0 aliphatic carbocycles. The fraction of sp³-hybridized carbons (Fsp3) is 0.0714. The molecule has 0 aromatic heterocycles. The Morgan fingerprint density at radius 2 is 1.89 bits per heavy atom. The van der Waals surface area contributed by atoms with E-state index < -0.39 is 11.6 Å². The molecule has 2 aromatic carbocycles. The molecule has 0 radical (unpaired) electrons. The van der Waals surface area contributed by atoms with Crippen LogP contribution >= 0.6 is 0 Å². The normalized spacial score (nSPS) is 9.89. The van der Waals surface area contributed by atoms with Crippen LogP contribution in [0.5, 0.6) is 5.75 Å². The van der Waals surface area contributed by atoms with E-state index >= 15 is 0 Å². The van der Waals surface area contributed by atoms with E-state index in [2.05, 4.69) is 0 Å². The summed E-state index contributed by atoms with van der Waals surface area (Å²) in [6, 6.07) is 10.2. The van der Waals surface area contributed by atoms with Crippen LogP contribution < -0.4 is 4.74 Å². The van der Waals surface area contributed by atoms with Crippen molar-refractivity contribution in [2.75, 3.05) is 7.11 Å². The lowest BCUT2D eigenvalue weighted by Crippen LogP contribution is -1.93. The summed E-state index contributed by atoms with van der Waals surface area (Å²) < 4.78 is 32.5. The third kappa shape index (κ3) is 2.03. The van der Waals surface area contributed by atoms with Gasteiger partial charge in [0.1, 0.15) is 5.82 Å². The number of nitriles is 1. The first-order valence-electron chi connectivity index (χ1n) is 5.20. The molecular formula is C14H9F2NO. The number of nitrogens with zero attached hydrogens (tertiary/aromatic N) is 1. The van der Waals surface area contributed by atoms with Crippen molar-refractivity contribution in [3.63, 3.8) is 0 Å². The van der Waals surface area contributed by atoms with Crippen LogP contribution in [0, 0.1) is 23.0 Å². The highest BCUT2D eigenvalue weighted by Crippen LogP contribution is 2.31. The Balaban J connectivity index is 2.66. The zero-order valence-electron chi connectivity index (χ0n) is 9.58. The molecule has 0 amide bonds. The average Bonchev–Trinajstić information content (AvgIpc) is 2.40. The van der Waals surface area contributed by atoms with E-state index in [0.29, 0.717) is 0 Å². The monoisotopic (exact) mass is 245 g/mol. The minimum absolute atomic E-state index is 0.0364. The van der Waals surface area contributed by atoms with Crippen LogP contribution in [0.2, 0.25) is 0 Å². The van der Waals surface area contributed by atoms with E-state index in [4.69, 9.17) is 10.00 Å². The lowest BCUT2D eigenvalue weighted by atomic mass is 10.0. The van der Waals surface area contributed by atoms with Gasteiger partial charge in [0.15, 0.2) is 11.6 Å². The Hall–Kier alpha value is -2.41. The molecule has 90 valence electrons. The van der Waals surface area contributed by atoms with Crippen molar-refractivity contribution in [3.05, 3.63) is 53.6 Å². The highest BCUT2D eigenvalue weighted by Gasteiger charge is 2.14. The zero-order valence-corrected chi connectivity index (χ0v) is 9.58. The zero-order chi connectivity index (χ0) is 13.1. The van der Waals surface area contributed by atoms with Gasteiger partial charge in [0.05, 0.1) is 18.7 Å². The quantitative estimate of drug-likeness (QED) is 0.811. The van der Waals surface area contributed by atoms with Crippen LogP contribution in [0.1, 0.15) is 5.56 Å². The number of ether oxygens (including phenoxy) is 1. The van der Waals surface area contributed by atoms with Gasteiger partial charge in [-0.2, -0.15) is 5.26 Å². The third-order valence-corrected chi connectivity index (χ3v) is 2.57. The van der Waals surface area contributed by atoms with Gasteiger partial charge >= 0.3 is 0 Å². The number of halogens is 2. The molecule has 0 fully saturated rings. The van der Waals surface area contributed by atoms with Crippen LogP contribution in [0.4, 0.5) is 8.78 Å². The number of hydrogen-bond acceptors (Lipinski definition) is 2. The second kappa shape index (κ2) is 4.84. The first kappa shape index (κ1) is 12.1. The molecule has 0 saturated carbocycles. The maximum Gasteiger partial charge on any atom is 0.172 e. The summed E-state index contributed by atoms with van der Waals surface area (Å²) in [6.07, 6.45) is 0. The van der Waals surface area contributed by atoms with E-state index in [1.165, 1.54) is 31.4 Å². The van der Waals surface area contributed by atoms with Crippen molar-refractivity contribution < 1.29 is 13.5 Å². The summed E-state index contributed by atoms with van der Waals surface area (Å²) in [5, 5.41) is 8.78. The van der Waals surface area contributed by atoms with Gasteiger partial charge in [-0.3, -0.25) is 0 Å². The first-order chi connectivity index (χ1) is 8.67. The second-order valence-corrected chi connectivity index (χ2v) is 3.63. The lowest BCUT2D eigenvalue weighted by Gasteiger charge is -2.08. The Morgan fingerprint density at radius 3 is 2.56 bits per heavy atom. The Bertz CT molecular complexity index is 632. The summed E-state index contributed by atoms with van der Waals surface area (Å²) in [4.78, 5) is 0. The fourth-order valence-electron chi connectivity index (χ4n) is 1.68. The largest absolute Gasteiger partial charge is 0.494 e.